The number of hydrogen-bond donors (Lipinski definition) is 1. The number of aliphatic imine (C=N–C) groups is 1. The second-order valence-electron chi connectivity index (χ2n) is 8.41. The molecule has 1 aromatic heterocycles. The summed E-state index contributed by atoms with van der Waals surface area (Å²) in [5.74, 6) is 3.21. The van der Waals surface area contributed by atoms with Gasteiger partial charge in [-0.15, -0.1) is 0 Å². The third-order valence-electron chi connectivity index (χ3n) is 6.53. The fourth-order valence-corrected chi connectivity index (χ4v) is 4.45. The molecule has 1 aromatic rings. The van der Waals surface area contributed by atoms with Crippen LogP contribution in [0, 0.1) is 11.3 Å². The Bertz CT molecular complexity index is 857. The van der Waals surface area contributed by atoms with E-state index in [4.69, 9.17) is 9.72 Å². The molecule has 7 nitrogen and oxygen atoms in total. The van der Waals surface area contributed by atoms with Gasteiger partial charge in [-0.3, -0.25) is 9.89 Å². The second-order valence-corrected chi connectivity index (χ2v) is 8.41. The Morgan fingerprint density at radius 2 is 1.97 bits per heavy atom. The maximum atomic E-state index is 9.19. The molecule has 0 bridgehead atoms. The van der Waals surface area contributed by atoms with Gasteiger partial charge in [-0.2, -0.15) is 5.26 Å². The molecule has 0 atom stereocenters. The number of aromatic nitrogens is 1. The first-order valence-corrected chi connectivity index (χ1v) is 10.8. The predicted molar refractivity (Wildman–Crippen MR) is 113 cm³/mol. The lowest BCUT2D eigenvalue weighted by molar-refractivity contribution is -0.0712. The SMILES string of the molecule is N#CC1=CC(Nc2cc(C3CCN(C4COC4)CC3)cc(N3CCC3)n2)=NCC1. The quantitative estimate of drug-likeness (QED) is 0.849. The van der Waals surface area contributed by atoms with Gasteiger partial charge in [-0.1, -0.05) is 0 Å². The van der Waals surface area contributed by atoms with E-state index < -0.39 is 0 Å². The van der Waals surface area contributed by atoms with Crippen molar-refractivity contribution in [3.05, 3.63) is 29.3 Å². The van der Waals surface area contributed by atoms with E-state index in [-0.39, 0.29) is 0 Å². The van der Waals surface area contributed by atoms with Gasteiger partial charge in [0.15, 0.2) is 0 Å². The van der Waals surface area contributed by atoms with Crippen molar-refractivity contribution in [3.63, 3.8) is 0 Å². The summed E-state index contributed by atoms with van der Waals surface area (Å²) < 4.78 is 5.36. The van der Waals surface area contributed by atoms with E-state index in [1.54, 1.807) is 0 Å². The highest BCUT2D eigenvalue weighted by Gasteiger charge is 2.30. The largest absolute Gasteiger partial charge is 0.378 e. The number of hydrogen-bond acceptors (Lipinski definition) is 7. The molecule has 0 unspecified atom stereocenters. The molecule has 5 heterocycles. The molecule has 152 valence electrons. The van der Waals surface area contributed by atoms with Crippen molar-refractivity contribution < 1.29 is 4.74 Å². The number of rotatable bonds is 4. The smallest absolute Gasteiger partial charge is 0.134 e. The molecule has 0 aliphatic carbocycles. The number of nitrogens with zero attached hydrogens (tertiary/aromatic N) is 5. The van der Waals surface area contributed by atoms with Crippen LogP contribution in [0.2, 0.25) is 0 Å². The summed E-state index contributed by atoms with van der Waals surface area (Å²) >= 11 is 0. The van der Waals surface area contributed by atoms with Crippen molar-refractivity contribution in [3.8, 4) is 6.07 Å². The third-order valence-corrected chi connectivity index (χ3v) is 6.53. The van der Waals surface area contributed by atoms with Gasteiger partial charge in [0.2, 0.25) is 0 Å². The van der Waals surface area contributed by atoms with Gasteiger partial charge < -0.3 is 15.0 Å². The number of nitrogens with one attached hydrogen (secondary N) is 1. The van der Waals surface area contributed by atoms with Gasteiger partial charge in [0.25, 0.3) is 0 Å². The molecule has 4 aliphatic heterocycles. The molecule has 0 radical (unpaired) electrons. The summed E-state index contributed by atoms with van der Waals surface area (Å²) in [5, 5.41) is 12.6. The molecule has 7 heteroatoms. The molecular formula is C22H28N6O. The van der Waals surface area contributed by atoms with Crippen LogP contribution in [0.3, 0.4) is 0 Å². The zero-order valence-corrected chi connectivity index (χ0v) is 16.8. The lowest BCUT2D eigenvalue weighted by Crippen LogP contribution is -2.51. The van der Waals surface area contributed by atoms with Crippen LogP contribution in [0.15, 0.2) is 28.8 Å². The third kappa shape index (κ3) is 4.00. The molecule has 29 heavy (non-hydrogen) atoms. The summed E-state index contributed by atoms with van der Waals surface area (Å²) in [6.45, 7) is 6.89. The zero-order valence-electron chi connectivity index (χ0n) is 16.8. The topological polar surface area (TPSA) is 76.8 Å². The fraction of sp³-hybridized carbons (Fsp3) is 0.591. The monoisotopic (exact) mass is 392 g/mol. The van der Waals surface area contributed by atoms with E-state index in [1.807, 2.05) is 6.08 Å². The Balaban J connectivity index is 1.34. The molecule has 1 N–H and O–H groups in total. The highest BCUT2D eigenvalue weighted by molar-refractivity contribution is 6.04. The first-order chi connectivity index (χ1) is 14.3. The number of dihydropyridines is 1. The first kappa shape index (κ1) is 18.6. The minimum Gasteiger partial charge on any atom is -0.378 e. The Hall–Kier alpha value is -2.43. The minimum atomic E-state index is 0.564. The van der Waals surface area contributed by atoms with Gasteiger partial charge in [-0.05, 0) is 62.0 Å². The van der Waals surface area contributed by atoms with Crippen molar-refractivity contribution in [1.82, 2.24) is 9.88 Å². The lowest BCUT2D eigenvalue weighted by atomic mass is 9.89. The van der Waals surface area contributed by atoms with Crippen LogP contribution in [0.4, 0.5) is 11.6 Å². The molecule has 5 rings (SSSR count). The first-order valence-electron chi connectivity index (χ1n) is 10.8. The molecular weight excluding hydrogens is 364 g/mol. The van der Waals surface area contributed by atoms with Gasteiger partial charge in [-0.25, -0.2) is 4.98 Å². The number of nitriles is 1. The Morgan fingerprint density at radius 3 is 2.62 bits per heavy atom. The molecule has 0 saturated carbocycles. The van der Waals surface area contributed by atoms with Crippen molar-refractivity contribution in [2.24, 2.45) is 4.99 Å². The van der Waals surface area contributed by atoms with Gasteiger partial charge in [0.05, 0.1) is 25.3 Å². The van der Waals surface area contributed by atoms with Gasteiger partial charge >= 0.3 is 0 Å². The number of anilines is 2. The van der Waals surface area contributed by atoms with Crippen molar-refractivity contribution >= 4 is 17.5 Å². The number of amidine groups is 1. The van der Waals surface area contributed by atoms with Crippen LogP contribution in [0.5, 0.6) is 0 Å². The summed E-state index contributed by atoms with van der Waals surface area (Å²) in [7, 11) is 0. The lowest BCUT2D eigenvalue weighted by Gasteiger charge is -2.41. The van der Waals surface area contributed by atoms with Crippen LogP contribution in [0.1, 0.15) is 37.2 Å². The van der Waals surface area contributed by atoms with Crippen molar-refractivity contribution in [2.75, 3.05) is 56.2 Å². The van der Waals surface area contributed by atoms with E-state index >= 15 is 0 Å². The van der Waals surface area contributed by atoms with Crippen molar-refractivity contribution in [1.29, 1.82) is 5.26 Å². The van der Waals surface area contributed by atoms with Gasteiger partial charge in [0.1, 0.15) is 17.5 Å². The second kappa shape index (κ2) is 8.13. The summed E-state index contributed by atoms with van der Waals surface area (Å²) in [4.78, 5) is 14.3. The molecule has 0 aromatic carbocycles. The normalized spacial score (nSPS) is 23.5. The van der Waals surface area contributed by atoms with Crippen LogP contribution in [-0.2, 0) is 4.74 Å². The highest BCUT2D eigenvalue weighted by atomic mass is 16.5. The maximum Gasteiger partial charge on any atom is 0.134 e. The number of pyridine rings is 1. The average molecular weight is 393 g/mol. The standard InChI is InChI=1S/C22H28N6O/c23-13-16-2-5-24-20(10-16)25-21-11-18(12-22(26-21)28-6-1-7-28)17-3-8-27(9-4-17)19-14-29-15-19/h10-12,17,19H,1-9,14-15H2,(H,24,25,26). The maximum absolute atomic E-state index is 9.19. The van der Waals surface area contributed by atoms with E-state index in [0.29, 0.717) is 18.5 Å². The Kier molecular flexibility index (Phi) is 5.21. The van der Waals surface area contributed by atoms with E-state index in [0.717, 1.165) is 68.9 Å². The average Bonchev–Trinajstić information content (AvgIpc) is 2.66. The van der Waals surface area contributed by atoms with Crippen LogP contribution in [0.25, 0.3) is 0 Å². The van der Waals surface area contributed by atoms with Crippen molar-refractivity contribution in [2.45, 2.75) is 37.6 Å². The molecule has 3 fully saturated rings. The number of ether oxygens (including phenoxy) is 1. The molecule has 4 aliphatic rings. The van der Waals surface area contributed by atoms with E-state index in [1.165, 1.54) is 24.8 Å². The zero-order chi connectivity index (χ0) is 19.6. The number of piperidine rings is 1. The molecule has 0 spiro atoms. The summed E-state index contributed by atoms with van der Waals surface area (Å²) in [5.41, 5.74) is 2.14. The van der Waals surface area contributed by atoms with Crippen LogP contribution >= 0.6 is 0 Å². The molecule has 0 amide bonds. The summed E-state index contributed by atoms with van der Waals surface area (Å²) in [6, 6.07) is 7.36. The highest BCUT2D eigenvalue weighted by Crippen LogP contribution is 2.33. The number of likely N-dealkylation sites (tertiary alicyclic amines) is 1. The van der Waals surface area contributed by atoms with E-state index in [2.05, 4.69) is 38.3 Å². The Labute approximate surface area is 172 Å². The molecule has 3 saturated heterocycles. The Morgan fingerprint density at radius 1 is 1.14 bits per heavy atom. The fourth-order valence-electron chi connectivity index (χ4n) is 4.45. The summed E-state index contributed by atoms with van der Waals surface area (Å²) in [6.07, 6.45) is 6.16. The van der Waals surface area contributed by atoms with Crippen LogP contribution in [-0.4, -0.2) is 67.7 Å². The predicted octanol–water partition coefficient (Wildman–Crippen LogP) is 2.53. The van der Waals surface area contributed by atoms with E-state index in [9.17, 15) is 5.26 Å². The van der Waals surface area contributed by atoms with Gasteiger partial charge in [0, 0.05) is 31.6 Å². The minimum absolute atomic E-state index is 0.564. The van der Waals surface area contributed by atoms with Crippen LogP contribution < -0.4 is 10.2 Å².